The van der Waals surface area contributed by atoms with Crippen LogP contribution < -0.4 is 5.32 Å². The Labute approximate surface area is 105 Å². The average molecular weight is 246 g/mol. The van der Waals surface area contributed by atoms with Crippen LogP contribution in [-0.4, -0.2) is 22.0 Å². The molecule has 1 atom stereocenters. The first-order chi connectivity index (χ1) is 8.29. The van der Waals surface area contributed by atoms with Crippen LogP contribution in [0.25, 0.3) is 0 Å². The normalized spacial score (nSPS) is 12.4. The maximum atomic E-state index is 4.33. The minimum Gasteiger partial charge on any atom is -0.313 e. The van der Waals surface area contributed by atoms with Crippen LogP contribution in [0.2, 0.25) is 0 Å². The molecule has 0 aliphatic heterocycles. The third kappa shape index (κ3) is 3.25. The largest absolute Gasteiger partial charge is 0.313 e. The fourth-order valence-corrected chi connectivity index (χ4v) is 2.11. The summed E-state index contributed by atoms with van der Waals surface area (Å²) in [5.41, 5.74) is 1.22. The molecule has 88 valence electrons. The molecule has 2 aromatic heterocycles. The highest BCUT2D eigenvalue weighted by Crippen LogP contribution is 2.25. The quantitative estimate of drug-likeness (QED) is 0.839. The van der Waals surface area contributed by atoms with Crippen LogP contribution in [0.15, 0.2) is 47.0 Å². The summed E-state index contributed by atoms with van der Waals surface area (Å²) >= 11 is 1.54. The Bertz CT molecular complexity index is 475. The molecule has 0 radical (unpaired) electrons. The van der Waals surface area contributed by atoms with E-state index in [1.165, 1.54) is 17.3 Å². The second-order valence-corrected chi connectivity index (χ2v) is 4.63. The molecule has 2 heterocycles. The molecule has 0 bridgehead atoms. The first kappa shape index (κ1) is 12.0. The highest BCUT2D eigenvalue weighted by Gasteiger charge is 2.05. The van der Waals surface area contributed by atoms with Gasteiger partial charge in [-0.15, -0.1) is 0 Å². The summed E-state index contributed by atoms with van der Waals surface area (Å²) in [7, 11) is 1.95. The van der Waals surface area contributed by atoms with Gasteiger partial charge < -0.3 is 5.32 Å². The van der Waals surface area contributed by atoms with Crippen LogP contribution in [0.5, 0.6) is 0 Å². The van der Waals surface area contributed by atoms with Crippen molar-refractivity contribution >= 4 is 11.8 Å². The van der Waals surface area contributed by atoms with E-state index in [9.17, 15) is 0 Å². The lowest BCUT2D eigenvalue weighted by Gasteiger charge is -2.10. The minimum atomic E-state index is 0.322. The second-order valence-electron chi connectivity index (χ2n) is 3.59. The lowest BCUT2D eigenvalue weighted by atomic mass is 10.1. The molecule has 2 rings (SSSR count). The monoisotopic (exact) mass is 246 g/mol. The van der Waals surface area contributed by atoms with Crippen molar-refractivity contribution in [3.8, 4) is 0 Å². The van der Waals surface area contributed by atoms with Crippen molar-refractivity contribution in [2.75, 3.05) is 7.05 Å². The number of nitrogens with zero attached hydrogens (tertiary/aromatic N) is 3. The van der Waals surface area contributed by atoms with Gasteiger partial charge in [0.15, 0.2) is 0 Å². The molecule has 1 N–H and O–H groups in total. The van der Waals surface area contributed by atoms with Gasteiger partial charge in [-0.1, -0.05) is 0 Å². The molecule has 4 nitrogen and oxygen atoms in total. The van der Waals surface area contributed by atoms with Gasteiger partial charge in [-0.3, -0.25) is 0 Å². The summed E-state index contributed by atoms with van der Waals surface area (Å²) in [5.74, 6) is 0. The van der Waals surface area contributed by atoms with Crippen LogP contribution in [0.1, 0.15) is 18.5 Å². The maximum Gasteiger partial charge on any atom is 0.116 e. The highest BCUT2D eigenvalue weighted by atomic mass is 32.2. The first-order valence-electron chi connectivity index (χ1n) is 5.36. The summed E-state index contributed by atoms with van der Waals surface area (Å²) in [5, 5.41) is 5.06. The second kappa shape index (κ2) is 5.75. The molecule has 0 fully saturated rings. The van der Waals surface area contributed by atoms with Gasteiger partial charge in [-0.05, 0) is 49.5 Å². The molecule has 17 heavy (non-hydrogen) atoms. The number of hydrogen-bond donors (Lipinski definition) is 1. The number of hydrogen-bond acceptors (Lipinski definition) is 5. The van der Waals surface area contributed by atoms with Crippen molar-refractivity contribution < 1.29 is 0 Å². The first-order valence-corrected chi connectivity index (χ1v) is 6.18. The average Bonchev–Trinajstić information content (AvgIpc) is 2.39. The predicted molar refractivity (Wildman–Crippen MR) is 67.9 cm³/mol. The van der Waals surface area contributed by atoms with Gasteiger partial charge in [-0.2, -0.15) is 0 Å². The van der Waals surface area contributed by atoms with E-state index in [0.717, 1.165) is 10.1 Å². The SMILES string of the molecule is CNC(C)c1ccnc(Sc2ccncn2)c1. The van der Waals surface area contributed by atoms with Gasteiger partial charge in [-0.25, -0.2) is 15.0 Å². The maximum absolute atomic E-state index is 4.33. The molecule has 0 saturated heterocycles. The van der Waals surface area contributed by atoms with Gasteiger partial charge in [0.2, 0.25) is 0 Å². The third-order valence-electron chi connectivity index (χ3n) is 2.46. The fraction of sp³-hybridized carbons (Fsp3) is 0.250. The van der Waals surface area contributed by atoms with E-state index >= 15 is 0 Å². The van der Waals surface area contributed by atoms with Gasteiger partial charge in [0.05, 0.1) is 0 Å². The van der Waals surface area contributed by atoms with Crippen molar-refractivity contribution in [2.45, 2.75) is 23.0 Å². The molecule has 5 heteroatoms. The number of nitrogens with one attached hydrogen (secondary N) is 1. The van der Waals surface area contributed by atoms with Crippen LogP contribution in [0.4, 0.5) is 0 Å². The Morgan fingerprint density at radius 1 is 1.18 bits per heavy atom. The van der Waals surface area contributed by atoms with Crippen LogP contribution >= 0.6 is 11.8 Å². The summed E-state index contributed by atoms with van der Waals surface area (Å²) < 4.78 is 0. The number of pyridine rings is 1. The summed E-state index contributed by atoms with van der Waals surface area (Å²) in [6, 6.07) is 6.29. The molecule has 0 aromatic carbocycles. The van der Waals surface area contributed by atoms with Crippen LogP contribution in [0, 0.1) is 0 Å². The van der Waals surface area contributed by atoms with Gasteiger partial charge >= 0.3 is 0 Å². The smallest absolute Gasteiger partial charge is 0.116 e. The summed E-state index contributed by atoms with van der Waals surface area (Å²) in [6.07, 6.45) is 5.10. The zero-order valence-corrected chi connectivity index (χ0v) is 10.6. The highest BCUT2D eigenvalue weighted by molar-refractivity contribution is 7.99. The van der Waals surface area contributed by atoms with Crippen molar-refractivity contribution in [1.29, 1.82) is 0 Å². The van der Waals surface area contributed by atoms with Gasteiger partial charge in [0, 0.05) is 18.4 Å². The van der Waals surface area contributed by atoms with Crippen molar-refractivity contribution in [2.24, 2.45) is 0 Å². The van der Waals surface area contributed by atoms with Gasteiger partial charge in [0.1, 0.15) is 16.4 Å². The van der Waals surface area contributed by atoms with Crippen LogP contribution in [-0.2, 0) is 0 Å². The zero-order chi connectivity index (χ0) is 12.1. The Balaban J connectivity index is 2.17. The van der Waals surface area contributed by atoms with Crippen molar-refractivity contribution in [3.63, 3.8) is 0 Å². The molecule has 0 aliphatic rings. The van der Waals surface area contributed by atoms with E-state index < -0.39 is 0 Å². The molecule has 0 saturated carbocycles. The van der Waals surface area contributed by atoms with Crippen molar-refractivity contribution in [1.82, 2.24) is 20.3 Å². The zero-order valence-electron chi connectivity index (χ0n) is 9.79. The standard InChI is InChI=1S/C12H14N4S/c1-9(13-2)10-3-6-15-12(7-10)17-11-4-5-14-8-16-11/h3-9,13H,1-2H3. The van der Waals surface area contributed by atoms with Crippen LogP contribution in [0.3, 0.4) is 0 Å². The van der Waals surface area contributed by atoms with E-state index in [-0.39, 0.29) is 0 Å². The lowest BCUT2D eigenvalue weighted by molar-refractivity contribution is 0.649. The Kier molecular flexibility index (Phi) is 4.06. The van der Waals surface area contributed by atoms with Crippen molar-refractivity contribution in [3.05, 3.63) is 42.5 Å². The molecule has 1 unspecified atom stereocenters. The van der Waals surface area contributed by atoms with E-state index in [2.05, 4.69) is 33.3 Å². The fourth-order valence-electron chi connectivity index (χ4n) is 1.36. The van der Waals surface area contributed by atoms with E-state index in [1.54, 1.807) is 12.5 Å². The predicted octanol–water partition coefficient (Wildman–Crippen LogP) is 2.30. The number of aromatic nitrogens is 3. The Hall–Kier alpha value is -1.46. The summed E-state index contributed by atoms with van der Waals surface area (Å²) in [6.45, 7) is 2.12. The number of rotatable bonds is 4. The van der Waals surface area contributed by atoms with Gasteiger partial charge in [0.25, 0.3) is 0 Å². The molecular formula is C12H14N4S. The minimum absolute atomic E-state index is 0.322. The molecular weight excluding hydrogens is 232 g/mol. The molecule has 0 aliphatic carbocycles. The van der Waals surface area contributed by atoms with E-state index in [1.807, 2.05) is 25.4 Å². The summed E-state index contributed by atoms with van der Waals surface area (Å²) in [4.78, 5) is 12.4. The molecule has 0 spiro atoms. The van der Waals surface area contributed by atoms with E-state index in [0.29, 0.717) is 6.04 Å². The van der Waals surface area contributed by atoms with E-state index in [4.69, 9.17) is 0 Å². The molecule has 2 aromatic rings. The Morgan fingerprint density at radius 2 is 2.06 bits per heavy atom. The third-order valence-corrected chi connectivity index (χ3v) is 3.34. The Morgan fingerprint density at radius 3 is 2.76 bits per heavy atom. The lowest BCUT2D eigenvalue weighted by Crippen LogP contribution is -2.12. The molecule has 0 amide bonds. The topological polar surface area (TPSA) is 50.7 Å².